The Bertz CT molecular complexity index is 986. The van der Waals surface area contributed by atoms with Gasteiger partial charge in [-0.15, -0.1) is 0 Å². The van der Waals surface area contributed by atoms with Crippen LogP contribution < -0.4 is 0 Å². The molecule has 1 amide bonds. The molecule has 7 rings (SSSR count). The predicted molar refractivity (Wildman–Crippen MR) is 116 cm³/mol. The molecule has 3 saturated carbocycles. The smallest absolute Gasteiger partial charge is 0.229 e. The van der Waals surface area contributed by atoms with Crippen LogP contribution in [0.1, 0.15) is 51.2 Å². The second-order valence-corrected chi connectivity index (χ2v) is 10.8. The van der Waals surface area contributed by atoms with Gasteiger partial charge >= 0.3 is 0 Å². The number of benzene rings is 2. The van der Waals surface area contributed by atoms with Crippen molar-refractivity contribution in [2.75, 3.05) is 0 Å². The Kier molecular flexibility index (Phi) is 3.71. The molecule has 2 bridgehead atoms. The van der Waals surface area contributed by atoms with E-state index in [0.29, 0.717) is 17.3 Å². The van der Waals surface area contributed by atoms with Crippen molar-refractivity contribution in [1.82, 2.24) is 4.90 Å². The number of carbonyl (C=O) groups is 1. The Morgan fingerprint density at radius 1 is 0.967 bits per heavy atom. The first-order valence-electron chi connectivity index (χ1n) is 11.5. The lowest BCUT2D eigenvalue weighted by atomic mass is 9.43. The molecule has 2 aromatic rings. The van der Waals surface area contributed by atoms with Gasteiger partial charge in [-0.1, -0.05) is 74.5 Å². The van der Waals surface area contributed by atoms with Crippen LogP contribution >= 0.6 is 0 Å². The van der Waals surface area contributed by atoms with Crippen molar-refractivity contribution in [2.24, 2.45) is 23.2 Å². The summed E-state index contributed by atoms with van der Waals surface area (Å²) < 4.78 is 7.18. The van der Waals surface area contributed by atoms with Gasteiger partial charge in [-0.05, 0) is 49.0 Å². The Morgan fingerprint density at radius 2 is 1.63 bits per heavy atom. The summed E-state index contributed by atoms with van der Waals surface area (Å²) in [6.45, 7) is 7.09. The van der Waals surface area contributed by atoms with Gasteiger partial charge in [-0.3, -0.25) is 4.79 Å². The molecule has 0 N–H and O–H groups in total. The van der Waals surface area contributed by atoms with Crippen molar-refractivity contribution in [1.29, 1.82) is 0 Å². The molecule has 0 spiro atoms. The molecule has 2 aromatic carbocycles. The number of nitrogens with zero attached hydrogens (tertiary/aromatic N) is 1. The monoisotopic (exact) mass is 401 g/mol. The van der Waals surface area contributed by atoms with Gasteiger partial charge in [0.05, 0.1) is 11.6 Å². The highest BCUT2D eigenvalue weighted by Crippen LogP contribution is 2.70. The molecule has 3 nitrogen and oxygen atoms in total. The van der Waals surface area contributed by atoms with Gasteiger partial charge in [0.2, 0.25) is 5.91 Å². The molecule has 2 aliphatic heterocycles. The maximum atomic E-state index is 13.9. The summed E-state index contributed by atoms with van der Waals surface area (Å²) in [7, 11) is 0. The van der Waals surface area contributed by atoms with Crippen LogP contribution in [0.4, 0.5) is 0 Å². The van der Waals surface area contributed by atoms with Crippen molar-refractivity contribution in [3.63, 3.8) is 0 Å². The van der Waals surface area contributed by atoms with E-state index in [4.69, 9.17) is 4.74 Å². The number of fused-ring (bicyclic) bond motifs is 1. The van der Waals surface area contributed by atoms with Crippen LogP contribution in [-0.4, -0.2) is 22.4 Å². The van der Waals surface area contributed by atoms with E-state index in [0.717, 1.165) is 24.8 Å². The zero-order valence-corrected chi connectivity index (χ0v) is 18.2. The summed E-state index contributed by atoms with van der Waals surface area (Å²) in [6.07, 6.45) is 3.84. The van der Waals surface area contributed by atoms with E-state index in [-0.39, 0.29) is 23.5 Å². The second kappa shape index (κ2) is 5.97. The fraction of sp³-hybridized carbons (Fsp3) is 0.519. The third-order valence-corrected chi connectivity index (χ3v) is 9.08. The van der Waals surface area contributed by atoms with Crippen LogP contribution in [0, 0.1) is 23.2 Å². The normalized spacial score (nSPS) is 40.6. The molecule has 3 heteroatoms. The second-order valence-electron chi connectivity index (χ2n) is 10.8. The number of amides is 1. The van der Waals surface area contributed by atoms with Crippen LogP contribution in [0.5, 0.6) is 0 Å². The lowest BCUT2D eigenvalue weighted by Gasteiger charge is -2.65. The summed E-state index contributed by atoms with van der Waals surface area (Å²) >= 11 is 0. The third kappa shape index (κ3) is 2.22. The molecule has 2 heterocycles. The molecule has 2 saturated heterocycles. The Hall–Kier alpha value is -2.13. The van der Waals surface area contributed by atoms with Crippen LogP contribution in [0.25, 0.3) is 0 Å². The maximum Gasteiger partial charge on any atom is 0.229 e. The van der Waals surface area contributed by atoms with Gasteiger partial charge in [0.25, 0.3) is 0 Å². The van der Waals surface area contributed by atoms with Gasteiger partial charge in [-0.2, -0.15) is 0 Å². The van der Waals surface area contributed by atoms with Crippen LogP contribution in [-0.2, 0) is 21.7 Å². The minimum atomic E-state index is -0.620. The van der Waals surface area contributed by atoms with Crippen molar-refractivity contribution < 1.29 is 9.53 Å². The molecule has 0 radical (unpaired) electrons. The molecule has 6 atom stereocenters. The van der Waals surface area contributed by atoms with Gasteiger partial charge in [0.15, 0.2) is 5.72 Å². The molecule has 156 valence electrons. The van der Waals surface area contributed by atoms with Crippen molar-refractivity contribution in [3.05, 3.63) is 71.8 Å². The Morgan fingerprint density at radius 3 is 2.30 bits per heavy atom. The van der Waals surface area contributed by atoms with E-state index in [9.17, 15) is 4.79 Å². The highest BCUT2D eigenvalue weighted by molar-refractivity contribution is 5.84. The Labute approximate surface area is 179 Å². The first-order chi connectivity index (χ1) is 14.4. The topological polar surface area (TPSA) is 29.5 Å². The minimum Gasteiger partial charge on any atom is -0.343 e. The van der Waals surface area contributed by atoms with Gasteiger partial charge in [0.1, 0.15) is 0 Å². The van der Waals surface area contributed by atoms with Gasteiger partial charge in [0, 0.05) is 17.9 Å². The fourth-order valence-electron chi connectivity index (χ4n) is 7.45. The SMILES string of the molecule is CC1(C)[C@H]2C[C@@H]3N4C(=O)[C@@H](Cc5ccccc5)C[C@@]4(c4ccccc4)O[C@]3(C)[C@@H]1C2. The fourth-order valence-corrected chi connectivity index (χ4v) is 7.45. The lowest BCUT2D eigenvalue weighted by molar-refractivity contribution is -0.229. The van der Waals surface area contributed by atoms with Crippen LogP contribution in [0.3, 0.4) is 0 Å². The first kappa shape index (κ1) is 18.6. The highest BCUT2D eigenvalue weighted by atomic mass is 16.6. The highest BCUT2D eigenvalue weighted by Gasteiger charge is 2.75. The molecule has 0 aromatic heterocycles. The number of ether oxygens (including phenoxy) is 1. The summed E-state index contributed by atoms with van der Waals surface area (Å²) in [5.41, 5.74) is 1.79. The van der Waals surface area contributed by atoms with E-state index < -0.39 is 5.72 Å². The maximum absolute atomic E-state index is 13.9. The number of hydrogen-bond donors (Lipinski definition) is 0. The molecule has 5 fully saturated rings. The molecular formula is C27H31NO2. The van der Waals surface area contributed by atoms with Crippen molar-refractivity contribution in [3.8, 4) is 0 Å². The van der Waals surface area contributed by atoms with E-state index in [2.05, 4.69) is 74.2 Å². The number of hydrogen-bond acceptors (Lipinski definition) is 2. The summed E-state index contributed by atoms with van der Waals surface area (Å²) in [6, 6.07) is 21.1. The standard InChI is InChI=1S/C27H31NO2/c1-25(2)21-15-22(25)26(3)23(16-21)28-24(29)19(14-18-10-6-4-7-11-18)17-27(28,30-26)20-12-8-5-9-13-20/h4-13,19,21-23H,14-17H2,1-3H3/t19-,21+,22+,23-,26+,27-/m0/s1. The summed E-state index contributed by atoms with van der Waals surface area (Å²) in [5.74, 6) is 1.47. The first-order valence-corrected chi connectivity index (χ1v) is 11.5. The number of carbonyl (C=O) groups excluding carboxylic acids is 1. The van der Waals surface area contributed by atoms with E-state index >= 15 is 0 Å². The van der Waals surface area contributed by atoms with Gasteiger partial charge < -0.3 is 9.64 Å². The molecular weight excluding hydrogens is 370 g/mol. The average molecular weight is 402 g/mol. The zero-order valence-electron chi connectivity index (χ0n) is 18.2. The van der Waals surface area contributed by atoms with Crippen molar-refractivity contribution >= 4 is 5.91 Å². The zero-order chi connectivity index (χ0) is 20.7. The third-order valence-electron chi connectivity index (χ3n) is 9.08. The van der Waals surface area contributed by atoms with Crippen LogP contribution in [0.15, 0.2) is 60.7 Å². The van der Waals surface area contributed by atoms with Crippen molar-refractivity contribution in [2.45, 2.75) is 63.8 Å². The predicted octanol–water partition coefficient (Wildman–Crippen LogP) is 5.15. The Balaban J connectivity index is 1.43. The average Bonchev–Trinajstić information content (AvgIpc) is 3.17. The number of rotatable bonds is 3. The lowest BCUT2D eigenvalue weighted by Crippen LogP contribution is -2.67. The van der Waals surface area contributed by atoms with E-state index in [1.54, 1.807) is 0 Å². The summed E-state index contributed by atoms with van der Waals surface area (Å²) in [5, 5.41) is 0. The van der Waals surface area contributed by atoms with E-state index in [1.807, 2.05) is 12.1 Å². The van der Waals surface area contributed by atoms with Gasteiger partial charge in [-0.25, -0.2) is 0 Å². The van der Waals surface area contributed by atoms with E-state index in [1.165, 1.54) is 12.0 Å². The molecule has 3 aliphatic carbocycles. The minimum absolute atomic E-state index is 0.0246. The molecule has 30 heavy (non-hydrogen) atoms. The van der Waals surface area contributed by atoms with Crippen LogP contribution in [0.2, 0.25) is 0 Å². The summed E-state index contributed by atoms with van der Waals surface area (Å²) in [4.78, 5) is 16.1. The molecule has 5 aliphatic rings. The quantitative estimate of drug-likeness (QED) is 0.711. The molecule has 0 unspecified atom stereocenters. The largest absolute Gasteiger partial charge is 0.343 e.